The number of nitrogens with zero attached hydrogens (tertiary/aromatic N) is 3. The number of methoxy groups -OCH3 is 1. The summed E-state index contributed by atoms with van der Waals surface area (Å²) in [6.45, 7) is -0.466. The highest BCUT2D eigenvalue weighted by Gasteiger charge is 2.28. The van der Waals surface area contributed by atoms with E-state index in [1.165, 1.54) is 36.1 Å². The number of carbonyl (C=O) groups is 3. The number of fused-ring (bicyclic) bond motifs is 1. The second-order valence-electron chi connectivity index (χ2n) is 11.2. The highest BCUT2D eigenvalue weighted by molar-refractivity contribution is 6.03. The molecule has 3 amide bonds. The number of carbonyl (C=O) groups excluding carboxylic acids is 3. The van der Waals surface area contributed by atoms with E-state index in [4.69, 9.17) is 4.74 Å². The molecule has 5 aromatic rings. The number of amides is 3. The first-order chi connectivity index (χ1) is 23.1. The second-order valence-corrected chi connectivity index (χ2v) is 11.2. The number of benzene rings is 5. The third kappa shape index (κ3) is 8.19. The van der Waals surface area contributed by atoms with Gasteiger partial charge >= 0.3 is 0 Å². The Labute approximate surface area is 276 Å². The minimum Gasteiger partial charge on any atom is -0.497 e. The first-order valence-electron chi connectivity index (χ1n) is 15.1. The molecule has 242 valence electrons. The number of nitrogens with one attached hydrogen (secondary N) is 1. The van der Waals surface area contributed by atoms with Gasteiger partial charge in [-0.1, -0.05) is 42.5 Å². The maximum atomic E-state index is 14.1. The van der Waals surface area contributed by atoms with Gasteiger partial charge in [-0.3, -0.25) is 14.4 Å². The fourth-order valence-corrected chi connectivity index (χ4v) is 5.37. The molecule has 48 heavy (non-hydrogen) atoms. The Morgan fingerprint density at radius 1 is 0.812 bits per heavy atom. The Kier molecular flexibility index (Phi) is 10.4. The van der Waals surface area contributed by atoms with Crippen molar-refractivity contribution in [1.82, 2.24) is 5.32 Å². The predicted octanol–water partition coefficient (Wildman–Crippen LogP) is 5.96. The summed E-state index contributed by atoms with van der Waals surface area (Å²) in [4.78, 5) is 43.9. The summed E-state index contributed by atoms with van der Waals surface area (Å²) in [5, 5.41) is 14.0. The molecule has 5 rings (SSSR count). The summed E-state index contributed by atoms with van der Waals surface area (Å²) >= 11 is 0. The number of halogens is 2. The van der Waals surface area contributed by atoms with Gasteiger partial charge in [-0.05, 0) is 82.6 Å². The molecule has 0 heterocycles. The molecule has 0 bridgehead atoms. The van der Waals surface area contributed by atoms with Crippen LogP contribution < -0.4 is 19.9 Å². The Bertz CT molecular complexity index is 1970. The molecule has 0 spiro atoms. The van der Waals surface area contributed by atoms with Crippen LogP contribution in [0.25, 0.3) is 10.8 Å². The Morgan fingerprint density at radius 2 is 1.46 bits per heavy atom. The van der Waals surface area contributed by atoms with Crippen molar-refractivity contribution in [1.29, 1.82) is 5.26 Å². The van der Waals surface area contributed by atoms with Crippen LogP contribution in [0.15, 0.2) is 109 Å². The predicted molar refractivity (Wildman–Crippen MR) is 180 cm³/mol. The van der Waals surface area contributed by atoms with E-state index in [9.17, 15) is 28.4 Å². The molecule has 10 heteroatoms. The number of likely N-dealkylation sites (N-methyl/N-ethyl adjacent to an activating group) is 1. The van der Waals surface area contributed by atoms with Crippen molar-refractivity contribution in [2.24, 2.45) is 0 Å². The van der Waals surface area contributed by atoms with E-state index in [-0.39, 0.29) is 18.4 Å². The third-order valence-electron chi connectivity index (χ3n) is 7.87. The van der Waals surface area contributed by atoms with Gasteiger partial charge in [0, 0.05) is 30.9 Å². The number of hydrogen-bond donors (Lipinski definition) is 1. The topological polar surface area (TPSA) is 103 Å². The fourth-order valence-electron chi connectivity index (χ4n) is 5.37. The van der Waals surface area contributed by atoms with Gasteiger partial charge in [0.1, 0.15) is 30.0 Å². The largest absolute Gasteiger partial charge is 0.497 e. The summed E-state index contributed by atoms with van der Waals surface area (Å²) in [5.41, 5.74) is 2.14. The average Bonchev–Trinajstić information content (AvgIpc) is 3.09. The Morgan fingerprint density at radius 3 is 2.10 bits per heavy atom. The van der Waals surface area contributed by atoms with Crippen molar-refractivity contribution in [3.05, 3.63) is 138 Å². The van der Waals surface area contributed by atoms with Crippen molar-refractivity contribution in [3.63, 3.8) is 0 Å². The molecule has 0 saturated heterocycles. The van der Waals surface area contributed by atoms with E-state index in [0.717, 1.165) is 34.5 Å². The van der Waals surface area contributed by atoms with Gasteiger partial charge in [0.25, 0.3) is 0 Å². The molecule has 8 nitrogen and oxygen atoms in total. The molecule has 1 N–H and O–H groups in total. The normalized spacial score (nSPS) is 11.3. The van der Waals surface area contributed by atoms with Crippen LogP contribution in [0, 0.1) is 23.0 Å². The van der Waals surface area contributed by atoms with E-state index >= 15 is 0 Å². The monoisotopic (exact) mass is 646 g/mol. The van der Waals surface area contributed by atoms with Gasteiger partial charge in [-0.15, -0.1) is 0 Å². The standard InChI is InChI=1S/C38H32F2N4O4/c1-43(32-13-15-34(48-2)16-14-32)38(47)35(20-27-18-30(39)22-31(40)19-27)42-36(45)24-44(33-11-8-25(23-41)9-12-33)37(46)21-26-7-10-28-5-3-4-6-29(28)17-26/h3-19,22,35H,20-21,24H2,1-2H3,(H,42,45)/t35-/m0/s1. The van der Waals surface area contributed by atoms with Crippen LogP contribution in [0.5, 0.6) is 5.75 Å². The van der Waals surface area contributed by atoms with Crippen LogP contribution in [-0.4, -0.2) is 44.5 Å². The lowest BCUT2D eigenvalue weighted by atomic mass is 10.0. The molecule has 0 fully saturated rings. The smallest absolute Gasteiger partial charge is 0.249 e. The number of ether oxygens (including phenoxy) is 1. The molecular formula is C38H32F2N4O4. The second kappa shape index (κ2) is 15.0. The molecule has 1 atom stereocenters. The molecular weight excluding hydrogens is 614 g/mol. The van der Waals surface area contributed by atoms with Crippen LogP contribution in [0.1, 0.15) is 16.7 Å². The Hall–Kier alpha value is -6.08. The zero-order valence-corrected chi connectivity index (χ0v) is 26.3. The molecule has 5 aromatic carbocycles. The number of nitriles is 1. The van der Waals surface area contributed by atoms with Crippen LogP contribution in [-0.2, 0) is 27.2 Å². The maximum Gasteiger partial charge on any atom is 0.249 e. The zero-order chi connectivity index (χ0) is 34.2. The van der Waals surface area contributed by atoms with Crippen molar-refractivity contribution < 1.29 is 27.9 Å². The number of hydrogen-bond acceptors (Lipinski definition) is 5. The van der Waals surface area contributed by atoms with E-state index in [1.807, 2.05) is 48.5 Å². The van der Waals surface area contributed by atoms with Gasteiger partial charge in [0.05, 0.1) is 25.2 Å². The van der Waals surface area contributed by atoms with Crippen molar-refractivity contribution in [3.8, 4) is 11.8 Å². The summed E-state index contributed by atoms with van der Waals surface area (Å²) in [7, 11) is 3.03. The van der Waals surface area contributed by atoms with Crippen LogP contribution >= 0.6 is 0 Å². The molecule has 0 aromatic heterocycles. The summed E-state index contributed by atoms with van der Waals surface area (Å²) in [6.07, 6.45) is -0.245. The lowest BCUT2D eigenvalue weighted by molar-refractivity contribution is -0.127. The lowest BCUT2D eigenvalue weighted by Crippen LogP contribution is -2.52. The van der Waals surface area contributed by atoms with Crippen molar-refractivity contribution in [2.45, 2.75) is 18.9 Å². The van der Waals surface area contributed by atoms with Gasteiger partial charge in [0.15, 0.2) is 0 Å². The first kappa shape index (κ1) is 33.3. The molecule has 0 unspecified atom stereocenters. The van der Waals surface area contributed by atoms with Crippen molar-refractivity contribution in [2.75, 3.05) is 30.5 Å². The minimum atomic E-state index is -1.25. The first-order valence-corrected chi connectivity index (χ1v) is 15.1. The number of rotatable bonds is 11. The van der Waals surface area contributed by atoms with E-state index < -0.39 is 41.9 Å². The van der Waals surface area contributed by atoms with Crippen molar-refractivity contribution >= 4 is 39.9 Å². The molecule has 0 saturated carbocycles. The Balaban J connectivity index is 1.41. The molecule has 0 radical (unpaired) electrons. The van der Waals surface area contributed by atoms with Gasteiger partial charge in [0.2, 0.25) is 17.7 Å². The molecule has 0 aliphatic rings. The molecule has 0 aliphatic heterocycles. The summed E-state index contributed by atoms with van der Waals surface area (Å²) in [6, 6.07) is 30.0. The lowest BCUT2D eigenvalue weighted by Gasteiger charge is -2.27. The van der Waals surface area contributed by atoms with Gasteiger partial charge in [-0.25, -0.2) is 8.78 Å². The SMILES string of the molecule is COc1ccc(N(C)C(=O)[C@H](Cc2cc(F)cc(F)c2)NC(=O)CN(C(=O)Cc2ccc3ccccc3c2)c2ccc(C#N)cc2)cc1. The quantitative estimate of drug-likeness (QED) is 0.191. The van der Waals surface area contributed by atoms with E-state index in [1.54, 1.807) is 36.4 Å². The third-order valence-corrected chi connectivity index (χ3v) is 7.87. The highest BCUT2D eigenvalue weighted by Crippen LogP contribution is 2.22. The highest BCUT2D eigenvalue weighted by atomic mass is 19.1. The minimum absolute atomic E-state index is 0.0246. The molecule has 0 aliphatic carbocycles. The van der Waals surface area contributed by atoms with Gasteiger partial charge < -0.3 is 19.9 Å². The van der Waals surface area contributed by atoms with E-state index in [0.29, 0.717) is 22.7 Å². The van der Waals surface area contributed by atoms with E-state index in [2.05, 4.69) is 5.32 Å². The fraction of sp³-hybridized carbons (Fsp3) is 0.158. The zero-order valence-electron chi connectivity index (χ0n) is 26.3. The summed E-state index contributed by atoms with van der Waals surface area (Å²) < 4.78 is 33.4. The maximum absolute atomic E-state index is 14.1. The van der Waals surface area contributed by atoms with Crippen LogP contribution in [0.3, 0.4) is 0 Å². The van der Waals surface area contributed by atoms with Crippen LogP contribution in [0.4, 0.5) is 20.2 Å². The summed E-state index contributed by atoms with van der Waals surface area (Å²) in [5.74, 6) is -2.68. The van der Waals surface area contributed by atoms with Crippen LogP contribution in [0.2, 0.25) is 0 Å². The van der Waals surface area contributed by atoms with Gasteiger partial charge in [-0.2, -0.15) is 5.26 Å². The average molecular weight is 647 g/mol. The number of anilines is 2.